The van der Waals surface area contributed by atoms with Gasteiger partial charge in [-0.05, 0) is 49.0 Å². The van der Waals surface area contributed by atoms with Crippen molar-refractivity contribution in [3.05, 3.63) is 53.6 Å². The Morgan fingerprint density at radius 2 is 1.97 bits per heavy atom. The van der Waals surface area contributed by atoms with Gasteiger partial charge < -0.3 is 14.8 Å². The maximum absolute atomic E-state index is 13.9. The van der Waals surface area contributed by atoms with Gasteiger partial charge in [0, 0.05) is 29.5 Å². The number of anilines is 1. The number of piperidine rings is 1. The lowest BCUT2D eigenvalue weighted by Gasteiger charge is -2.33. The van der Waals surface area contributed by atoms with E-state index in [0.29, 0.717) is 6.54 Å². The molecule has 5 rings (SSSR count). The van der Waals surface area contributed by atoms with Gasteiger partial charge in [-0.1, -0.05) is 39.0 Å². The molecule has 2 aromatic heterocycles. The van der Waals surface area contributed by atoms with Crippen molar-refractivity contribution in [1.29, 1.82) is 5.26 Å². The van der Waals surface area contributed by atoms with E-state index in [1.165, 1.54) is 0 Å². The van der Waals surface area contributed by atoms with Crippen molar-refractivity contribution in [2.75, 3.05) is 18.0 Å². The maximum atomic E-state index is 13.9. The number of carbonyl (C=O) groups excluding carboxylic acids is 1. The Hall–Kier alpha value is -3.24. The number of carbonyl (C=O) groups is 1. The van der Waals surface area contributed by atoms with Crippen molar-refractivity contribution in [2.24, 2.45) is 5.41 Å². The second kappa shape index (κ2) is 7.42. The largest absolute Gasteiger partial charge is 0.327 e. The zero-order valence-corrected chi connectivity index (χ0v) is 18.9. The monoisotopic (exact) mass is 428 g/mol. The topological polar surface area (TPSA) is 86.8 Å². The van der Waals surface area contributed by atoms with E-state index in [9.17, 15) is 10.1 Å². The zero-order chi connectivity index (χ0) is 22.5. The fraction of sp³-hybridized carbons (Fsp3) is 0.440. The fourth-order valence-electron chi connectivity index (χ4n) is 5.18. The molecule has 32 heavy (non-hydrogen) atoms. The van der Waals surface area contributed by atoms with Crippen LogP contribution >= 0.6 is 0 Å². The average Bonchev–Trinajstić information content (AvgIpc) is 3.22. The van der Waals surface area contributed by atoms with Gasteiger partial charge in [0.25, 0.3) is 0 Å². The van der Waals surface area contributed by atoms with Crippen molar-refractivity contribution in [1.82, 2.24) is 19.9 Å². The third-order valence-electron chi connectivity index (χ3n) is 6.60. The summed E-state index contributed by atoms with van der Waals surface area (Å²) in [5.74, 6) is 0.352. The maximum Gasteiger partial charge on any atom is 0.238 e. The van der Waals surface area contributed by atoms with E-state index >= 15 is 0 Å². The lowest BCUT2D eigenvalue weighted by molar-refractivity contribution is -0.124. The Morgan fingerprint density at radius 1 is 1.22 bits per heavy atom. The van der Waals surface area contributed by atoms with Crippen LogP contribution in [0.4, 0.5) is 5.69 Å². The third kappa shape index (κ3) is 3.26. The van der Waals surface area contributed by atoms with E-state index in [1.807, 2.05) is 23.1 Å². The number of amides is 1. The van der Waals surface area contributed by atoms with Crippen LogP contribution in [0.5, 0.6) is 0 Å². The highest BCUT2D eigenvalue weighted by Crippen LogP contribution is 2.47. The van der Waals surface area contributed by atoms with Gasteiger partial charge in [-0.15, -0.1) is 0 Å². The van der Waals surface area contributed by atoms with Crippen LogP contribution in [0, 0.1) is 16.7 Å². The molecule has 4 heterocycles. The molecule has 0 bridgehead atoms. The van der Waals surface area contributed by atoms with Gasteiger partial charge in [-0.3, -0.25) is 4.79 Å². The molecule has 0 radical (unpaired) electrons. The summed E-state index contributed by atoms with van der Waals surface area (Å²) in [5, 5.41) is 13.6. The number of fused-ring (bicyclic) bond motifs is 3. The van der Waals surface area contributed by atoms with Crippen LogP contribution in [0.1, 0.15) is 50.7 Å². The molecule has 1 aromatic carbocycles. The second-order valence-electron chi connectivity index (χ2n) is 10.1. The molecule has 1 spiro atoms. The van der Waals surface area contributed by atoms with Crippen molar-refractivity contribution in [3.63, 3.8) is 0 Å². The van der Waals surface area contributed by atoms with Crippen molar-refractivity contribution in [3.8, 4) is 6.07 Å². The highest BCUT2D eigenvalue weighted by molar-refractivity contribution is 6.08. The summed E-state index contributed by atoms with van der Waals surface area (Å²) in [6, 6.07) is 12.3. The Balaban J connectivity index is 1.61. The van der Waals surface area contributed by atoms with Crippen LogP contribution in [-0.2, 0) is 23.3 Å². The summed E-state index contributed by atoms with van der Waals surface area (Å²) in [5.41, 5.74) is 3.48. The van der Waals surface area contributed by atoms with Crippen molar-refractivity contribution in [2.45, 2.75) is 52.1 Å². The quantitative estimate of drug-likeness (QED) is 0.690. The Labute approximate surface area is 188 Å². The first-order valence-electron chi connectivity index (χ1n) is 11.2. The lowest BCUT2D eigenvalue weighted by Crippen LogP contribution is -2.47. The Morgan fingerprint density at radius 3 is 2.69 bits per heavy atom. The standard InChI is InChI=1S/C25H28N6O/c1-24(2,3)16-31-18(12-17-14-28-21(13-26)29-22(17)31)15-30-20-7-5-4-6-19(20)25(23(30)32)8-10-27-11-9-25/h4-7,12,14,27H,8-11,15-16H2,1-3H3. The van der Waals surface area contributed by atoms with Crippen molar-refractivity contribution < 1.29 is 4.79 Å². The van der Waals surface area contributed by atoms with Crippen LogP contribution in [0.25, 0.3) is 11.0 Å². The van der Waals surface area contributed by atoms with Gasteiger partial charge in [0.05, 0.1) is 12.0 Å². The van der Waals surface area contributed by atoms with Crippen LogP contribution in [0.15, 0.2) is 36.5 Å². The minimum atomic E-state index is -0.434. The molecule has 1 saturated heterocycles. The van der Waals surface area contributed by atoms with Crippen LogP contribution < -0.4 is 10.2 Å². The molecule has 0 atom stereocenters. The molecule has 164 valence electrons. The van der Waals surface area contributed by atoms with Gasteiger partial charge >= 0.3 is 0 Å². The first-order valence-corrected chi connectivity index (χ1v) is 11.2. The minimum Gasteiger partial charge on any atom is -0.327 e. The number of rotatable bonds is 3. The van der Waals surface area contributed by atoms with E-state index in [0.717, 1.165) is 60.5 Å². The number of para-hydroxylation sites is 1. The van der Waals surface area contributed by atoms with Gasteiger partial charge in [-0.25, -0.2) is 9.97 Å². The molecular weight excluding hydrogens is 400 g/mol. The number of nitrogens with zero attached hydrogens (tertiary/aromatic N) is 5. The van der Waals surface area contributed by atoms with Crippen LogP contribution in [0.2, 0.25) is 0 Å². The number of benzene rings is 1. The molecule has 7 heteroatoms. The smallest absolute Gasteiger partial charge is 0.238 e. The number of hydrogen-bond donors (Lipinski definition) is 1. The SMILES string of the molecule is CC(C)(C)Cn1c(CN2C(=O)C3(CCNCC3)c3ccccc32)cc2cnc(C#N)nc21. The molecule has 1 fully saturated rings. The van der Waals surface area contributed by atoms with Gasteiger partial charge in [0.15, 0.2) is 0 Å². The van der Waals surface area contributed by atoms with Crippen molar-refractivity contribution >= 4 is 22.6 Å². The van der Waals surface area contributed by atoms with E-state index in [-0.39, 0.29) is 17.1 Å². The van der Waals surface area contributed by atoms with Gasteiger partial charge in [-0.2, -0.15) is 5.26 Å². The summed E-state index contributed by atoms with van der Waals surface area (Å²) >= 11 is 0. The number of nitriles is 1. The highest BCUT2D eigenvalue weighted by atomic mass is 16.2. The first kappa shape index (κ1) is 20.7. The summed E-state index contributed by atoms with van der Waals surface area (Å²) in [7, 11) is 0. The first-order chi connectivity index (χ1) is 15.3. The second-order valence-corrected chi connectivity index (χ2v) is 10.1. The van der Waals surface area contributed by atoms with E-state index < -0.39 is 5.41 Å². The molecule has 1 amide bonds. The normalized spacial score (nSPS) is 17.7. The van der Waals surface area contributed by atoms with E-state index in [1.54, 1.807) is 6.20 Å². The molecule has 0 unspecified atom stereocenters. The Bertz CT molecular complexity index is 1240. The Kier molecular flexibility index (Phi) is 4.79. The molecule has 3 aromatic rings. The molecule has 2 aliphatic rings. The van der Waals surface area contributed by atoms with E-state index in [2.05, 4.69) is 58.8 Å². The van der Waals surface area contributed by atoms with Crippen LogP contribution in [-0.4, -0.2) is 33.5 Å². The molecular formula is C25H28N6O. The number of nitrogens with one attached hydrogen (secondary N) is 1. The summed E-state index contributed by atoms with van der Waals surface area (Å²) < 4.78 is 2.15. The molecule has 2 aliphatic heterocycles. The van der Waals surface area contributed by atoms with E-state index in [4.69, 9.17) is 0 Å². The van der Waals surface area contributed by atoms with Gasteiger partial charge in [0.1, 0.15) is 11.7 Å². The summed E-state index contributed by atoms with van der Waals surface area (Å²) in [4.78, 5) is 24.5. The average molecular weight is 429 g/mol. The summed E-state index contributed by atoms with van der Waals surface area (Å²) in [6.07, 6.45) is 3.35. The minimum absolute atomic E-state index is 0.00163. The van der Waals surface area contributed by atoms with Gasteiger partial charge in [0.2, 0.25) is 11.7 Å². The molecule has 0 saturated carbocycles. The zero-order valence-electron chi connectivity index (χ0n) is 18.9. The fourth-order valence-corrected chi connectivity index (χ4v) is 5.18. The number of aromatic nitrogens is 3. The predicted molar refractivity (Wildman–Crippen MR) is 123 cm³/mol. The highest BCUT2D eigenvalue weighted by Gasteiger charge is 2.51. The predicted octanol–water partition coefficient (Wildman–Crippen LogP) is 3.52. The molecule has 0 aliphatic carbocycles. The molecule has 7 nitrogen and oxygen atoms in total. The van der Waals surface area contributed by atoms with Crippen LogP contribution in [0.3, 0.4) is 0 Å². The third-order valence-corrected chi connectivity index (χ3v) is 6.60. The molecule has 1 N–H and O–H groups in total. The number of hydrogen-bond acceptors (Lipinski definition) is 5. The lowest BCUT2D eigenvalue weighted by atomic mass is 9.74. The summed E-state index contributed by atoms with van der Waals surface area (Å²) in [6.45, 7) is 9.43.